The van der Waals surface area contributed by atoms with Gasteiger partial charge in [0.15, 0.2) is 16.9 Å². The highest BCUT2D eigenvalue weighted by Crippen LogP contribution is 2.36. The van der Waals surface area contributed by atoms with Crippen LogP contribution in [0.4, 0.5) is 4.39 Å². The first-order valence-corrected chi connectivity index (χ1v) is 10.4. The van der Waals surface area contributed by atoms with Crippen molar-refractivity contribution in [2.45, 2.75) is 32.9 Å². The van der Waals surface area contributed by atoms with E-state index in [0.29, 0.717) is 22.1 Å². The van der Waals surface area contributed by atoms with Gasteiger partial charge in [-0.25, -0.2) is 19.0 Å². The number of nitrogens with one attached hydrogen (secondary N) is 1. The highest BCUT2D eigenvalue weighted by Gasteiger charge is 2.34. The van der Waals surface area contributed by atoms with E-state index in [9.17, 15) is 14.0 Å². The van der Waals surface area contributed by atoms with E-state index < -0.39 is 29.9 Å². The molecule has 0 saturated carbocycles. The Balaban J connectivity index is 2.00. The number of carbonyl (C=O) groups excluding carboxylic acids is 2. The summed E-state index contributed by atoms with van der Waals surface area (Å²) in [4.78, 5) is 33.7. The fourth-order valence-electron chi connectivity index (χ4n) is 2.87. The van der Waals surface area contributed by atoms with Crippen LogP contribution in [0.5, 0.6) is 0 Å². The number of nitrogens with zero attached hydrogens (tertiary/aromatic N) is 2. The first kappa shape index (κ1) is 21.9. The molecule has 0 fully saturated rings. The van der Waals surface area contributed by atoms with E-state index in [1.54, 1.807) is 25.4 Å². The molecule has 1 aromatic carbocycles. The molecule has 0 radical (unpaired) electrons. The Labute approximate surface area is 181 Å². The van der Waals surface area contributed by atoms with Gasteiger partial charge in [0, 0.05) is 27.9 Å². The van der Waals surface area contributed by atoms with Gasteiger partial charge >= 0.3 is 11.9 Å². The van der Waals surface area contributed by atoms with E-state index in [2.05, 4.69) is 15.3 Å². The highest BCUT2D eigenvalue weighted by molar-refractivity contribution is 7.11. The van der Waals surface area contributed by atoms with Crippen molar-refractivity contribution in [1.82, 2.24) is 10.3 Å². The molecule has 1 aliphatic rings. The molecule has 158 valence electrons. The highest BCUT2D eigenvalue weighted by atomic mass is 35.5. The van der Waals surface area contributed by atoms with Gasteiger partial charge in [-0.3, -0.25) is 4.99 Å². The summed E-state index contributed by atoms with van der Waals surface area (Å²) in [5.74, 6) is -1.48. The molecule has 10 heteroatoms. The molecule has 0 bridgehead atoms. The quantitative estimate of drug-likeness (QED) is 0.672. The van der Waals surface area contributed by atoms with E-state index in [-0.39, 0.29) is 17.2 Å². The number of hydrogen-bond donors (Lipinski definition) is 1. The van der Waals surface area contributed by atoms with Crippen molar-refractivity contribution in [3.8, 4) is 0 Å². The maximum absolute atomic E-state index is 13.6. The molecule has 0 saturated heterocycles. The Bertz CT molecular complexity index is 1020. The summed E-state index contributed by atoms with van der Waals surface area (Å²) in [7, 11) is 0. The predicted molar refractivity (Wildman–Crippen MR) is 111 cm³/mol. The monoisotopic (exact) mass is 451 g/mol. The predicted octanol–water partition coefficient (Wildman–Crippen LogP) is 3.80. The van der Waals surface area contributed by atoms with Gasteiger partial charge in [0.05, 0.1) is 12.2 Å². The number of rotatable bonds is 6. The summed E-state index contributed by atoms with van der Waals surface area (Å²) in [6.45, 7) is 4.93. The summed E-state index contributed by atoms with van der Waals surface area (Å²) in [5.41, 5.74) is 1.03. The van der Waals surface area contributed by atoms with E-state index in [4.69, 9.17) is 21.1 Å². The Kier molecular flexibility index (Phi) is 6.84. The van der Waals surface area contributed by atoms with Gasteiger partial charge in [-0.2, -0.15) is 0 Å². The van der Waals surface area contributed by atoms with Crippen LogP contribution in [-0.2, 0) is 19.1 Å². The van der Waals surface area contributed by atoms with E-state index >= 15 is 0 Å². The Morgan fingerprint density at radius 1 is 1.40 bits per heavy atom. The lowest BCUT2D eigenvalue weighted by Gasteiger charge is -2.26. The fraction of sp³-hybridized carbons (Fsp3) is 0.300. The molecule has 0 spiro atoms. The molecule has 0 aliphatic carbocycles. The SMILES string of the molecule is CCOC(=O)[C@@H](C)OC(=O)C1=C(C)NC(c2nccs2)=NC1c1ccc(F)cc1Cl. The number of aliphatic imine (C=N–C) groups is 1. The lowest BCUT2D eigenvalue weighted by atomic mass is 9.96. The van der Waals surface area contributed by atoms with Crippen molar-refractivity contribution in [2.24, 2.45) is 4.99 Å². The van der Waals surface area contributed by atoms with Crippen molar-refractivity contribution >= 4 is 40.7 Å². The Hall–Kier alpha value is -2.78. The number of halogens is 2. The Morgan fingerprint density at radius 2 is 2.17 bits per heavy atom. The van der Waals surface area contributed by atoms with Crippen LogP contribution >= 0.6 is 22.9 Å². The first-order valence-electron chi connectivity index (χ1n) is 9.09. The standard InChI is InChI=1S/C20H19ClFN3O4S/c1-4-28-19(26)11(3)29-20(27)15-10(2)24-17(18-23-7-8-30-18)25-16(15)13-6-5-12(22)9-14(13)21/h5-9,11,16H,4H2,1-3H3,(H,24,25)/t11-,16?/m1/s1. The molecule has 1 unspecified atom stereocenters. The number of esters is 2. The number of carbonyl (C=O) groups is 2. The van der Waals surface area contributed by atoms with Gasteiger partial charge in [0.1, 0.15) is 11.9 Å². The summed E-state index contributed by atoms with van der Waals surface area (Å²) < 4.78 is 23.8. The second kappa shape index (κ2) is 9.36. The topological polar surface area (TPSA) is 89.9 Å². The van der Waals surface area contributed by atoms with Crippen molar-refractivity contribution in [3.63, 3.8) is 0 Å². The number of hydrogen-bond acceptors (Lipinski definition) is 8. The van der Waals surface area contributed by atoms with Crippen LogP contribution in [0.3, 0.4) is 0 Å². The summed E-state index contributed by atoms with van der Waals surface area (Å²) in [6.07, 6.45) is 0.528. The maximum Gasteiger partial charge on any atom is 0.347 e. The van der Waals surface area contributed by atoms with Crippen LogP contribution in [0.25, 0.3) is 0 Å². The minimum atomic E-state index is -1.11. The largest absolute Gasteiger partial charge is 0.463 e. The smallest absolute Gasteiger partial charge is 0.347 e. The van der Waals surface area contributed by atoms with Crippen molar-refractivity contribution in [2.75, 3.05) is 6.61 Å². The summed E-state index contributed by atoms with van der Waals surface area (Å²) in [6, 6.07) is 2.98. The number of amidine groups is 1. The number of ether oxygens (including phenoxy) is 2. The Morgan fingerprint density at radius 3 is 2.80 bits per heavy atom. The molecule has 1 aromatic heterocycles. The van der Waals surface area contributed by atoms with Crippen molar-refractivity contribution < 1.29 is 23.5 Å². The van der Waals surface area contributed by atoms with Crippen LogP contribution in [0, 0.1) is 5.82 Å². The van der Waals surface area contributed by atoms with Crippen LogP contribution in [0.15, 0.2) is 46.0 Å². The van der Waals surface area contributed by atoms with Crippen LogP contribution in [0.2, 0.25) is 5.02 Å². The normalized spacial score (nSPS) is 17.1. The molecule has 2 atom stereocenters. The van der Waals surface area contributed by atoms with Crippen molar-refractivity contribution in [3.05, 3.63) is 62.5 Å². The summed E-state index contributed by atoms with van der Waals surface area (Å²) in [5, 5.41) is 5.57. The molecule has 2 aromatic rings. The number of thiazole rings is 1. The molecular weight excluding hydrogens is 433 g/mol. The fourth-order valence-corrected chi connectivity index (χ4v) is 3.73. The molecule has 1 aliphatic heterocycles. The van der Waals surface area contributed by atoms with Gasteiger partial charge in [0.25, 0.3) is 0 Å². The lowest BCUT2D eigenvalue weighted by Crippen LogP contribution is -2.35. The molecule has 3 rings (SSSR count). The number of benzene rings is 1. The second-order valence-electron chi connectivity index (χ2n) is 6.35. The van der Waals surface area contributed by atoms with Gasteiger partial charge in [-0.15, -0.1) is 11.3 Å². The number of allylic oxidation sites excluding steroid dienone is 1. The van der Waals surface area contributed by atoms with Crippen LogP contribution in [0.1, 0.15) is 37.4 Å². The van der Waals surface area contributed by atoms with Gasteiger partial charge in [0.2, 0.25) is 0 Å². The molecule has 0 amide bonds. The van der Waals surface area contributed by atoms with Crippen LogP contribution < -0.4 is 5.32 Å². The zero-order chi connectivity index (χ0) is 21.8. The molecule has 30 heavy (non-hydrogen) atoms. The summed E-state index contributed by atoms with van der Waals surface area (Å²) >= 11 is 7.63. The molecule has 7 nitrogen and oxygen atoms in total. The lowest BCUT2D eigenvalue weighted by molar-refractivity contribution is -0.164. The minimum absolute atomic E-state index is 0.112. The molecule has 2 heterocycles. The molecule has 1 N–H and O–H groups in total. The van der Waals surface area contributed by atoms with E-state index in [0.717, 1.165) is 6.07 Å². The van der Waals surface area contributed by atoms with Crippen molar-refractivity contribution in [1.29, 1.82) is 0 Å². The van der Waals surface area contributed by atoms with E-state index in [1.807, 2.05) is 0 Å². The number of aromatic nitrogens is 1. The average molecular weight is 452 g/mol. The van der Waals surface area contributed by atoms with Gasteiger partial charge < -0.3 is 14.8 Å². The third-order valence-electron chi connectivity index (χ3n) is 4.26. The zero-order valence-corrected chi connectivity index (χ0v) is 18.0. The van der Waals surface area contributed by atoms with E-state index in [1.165, 1.54) is 30.4 Å². The average Bonchev–Trinajstić information content (AvgIpc) is 3.22. The maximum atomic E-state index is 13.6. The first-order chi connectivity index (χ1) is 14.3. The van der Waals surface area contributed by atoms with Crippen LogP contribution in [-0.4, -0.2) is 35.5 Å². The second-order valence-corrected chi connectivity index (χ2v) is 7.65. The minimum Gasteiger partial charge on any atom is -0.463 e. The molecular formula is C20H19ClFN3O4S. The third-order valence-corrected chi connectivity index (χ3v) is 5.36. The van der Waals surface area contributed by atoms with Gasteiger partial charge in [-0.05, 0) is 32.9 Å². The zero-order valence-electron chi connectivity index (χ0n) is 16.4. The third kappa shape index (κ3) is 4.68. The van der Waals surface area contributed by atoms with Gasteiger partial charge in [-0.1, -0.05) is 17.7 Å².